The van der Waals surface area contributed by atoms with Gasteiger partial charge in [-0.05, 0) is 36.8 Å². The van der Waals surface area contributed by atoms with E-state index in [1.165, 1.54) is 9.79 Å². The van der Waals surface area contributed by atoms with Crippen molar-refractivity contribution < 1.29 is 9.59 Å². The SMILES string of the molecule is CC(NC(=O)CCN1c2ccccc2Sc2ccccc21)C(=O)NCc1ccccc1. The minimum absolute atomic E-state index is 0.143. The Labute approximate surface area is 186 Å². The van der Waals surface area contributed by atoms with Gasteiger partial charge in [-0.3, -0.25) is 9.59 Å². The maximum absolute atomic E-state index is 12.6. The van der Waals surface area contributed by atoms with E-state index in [1.807, 2.05) is 54.6 Å². The molecule has 0 saturated heterocycles. The molecule has 1 heterocycles. The number of para-hydroxylation sites is 2. The highest BCUT2D eigenvalue weighted by Crippen LogP contribution is 2.47. The van der Waals surface area contributed by atoms with Crippen molar-refractivity contribution in [1.29, 1.82) is 0 Å². The summed E-state index contributed by atoms with van der Waals surface area (Å²) in [5.41, 5.74) is 3.23. The molecule has 0 aliphatic carbocycles. The van der Waals surface area contributed by atoms with Crippen LogP contribution in [0.3, 0.4) is 0 Å². The van der Waals surface area contributed by atoms with Crippen molar-refractivity contribution in [2.24, 2.45) is 0 Å². The summed E-state index contributed by atoms with van der Waals surface area (Å²) in [6.07, 6.45) is 0.295. The smallest absolute Gasteiger partial charge is 0.242 e. The Morgan fingerprint density at radius 2 is 1.45 bits per heavy atom. The van der Waals surface area contributed by atoms with Gasteiger partial charge in [-0.15, -0.1) is 0 Å². The van der Waals surface area contributed by atoms with Gasteiger partial charge in [0, 0.05) is 29.3 Å². The van der Waals surface area contributed by atoms with Gasteiger partial charge in [0.25, 0.3) is 0 Å². The van der Waals surface area contributed by atoms with Crippen LogP contribution in [0, 0.1) is 0 Å². The third-order valence-electron chi connectivity index (χ3n) is 5.17. The van der Waals surface area contributed by atoms with Gasteiger partial charge in [-0.25, -0.2) is 0 Å². The molecular formula is C25H25N3O2S. The molecule has 1 unspecified atom stereocenters. The van der Waals surface area contributed by atoms with Crippen molar-refractivity contribution in [1.82, 2.24) is 10.6 Å². The van der Waals surface area contributed by atoms with Crippen molar-refractivity contribution >= 4 is 35.0 Å². The summed E-state index contributed by atoms with van der Waals surface area (Å²) in [7, 11) is 0. The van der Waals surface area contributed by atoms with Gasteiger partial charge in [-0.2, -0.15) is 0 Å². The fourth-order valence-electron chi connectivity index (χ4n) is 3.55. The molecule has 1 aliphatic heterocycles. The molecule has 4 rings (SSSR count). The van der Waals surface area contributed by atoms with E-state index < -0.39 is 6.04 Å². The van der Waals surface area contributed by atoms with Crippen LogP contribution in [-0.2, 0) is 16.1 Å². The Morgan fingerprint density at radius 1 is 0.871 bits per heavy atom. The number of amides is 2. The summed E-state index contributed by atoms with van der Waals surface area (Å²) in [6, 6.07) is 25.6. The molecular weight excluding hydrogens is 406 g/mol. The van der Waals surface area contributed by atoms with E-state index in [4.69, 9.17) is 0 Å². The van der Waals surface area contributed by atoms with Crippen LogP contribution >= 0.6 is 11.8 Å². The Balaban J connectivity index is 1.34. The molecule has 158 valence electrons. The molecule has 2 N–H and O–H groups in total. The van der Waals surface area contributed by atoms with Gasteiger partial charge in [0.1, 0.15) is 6.04 Å². The molecule has 6 heteroatoms. The first-order chi connectivity index (χ1) is 15.1. The predicted octanol–water partition coefficient (Wildman–Crippen LogP) is 4.50. The van der Waals surface area contributed by atoms with Crippen LogP contribution in [0.5, 0.6) is 0 Å². The fraction of sp³-hybridized carbons (Fsp3) is 0.200. The van der Waals surface area contributed by atoms with E-state index in [0.29, 0.717) is 19.5 Å². The molecule has 0 saturated carbocycles. The highest BCUT2D eigenvalue weighted by Gasteiger charge is 2.23. The Hall–Kier alpha value is -3.25. The second kappa shape index (κ2) is 9.71. The van der Waals surface area contributed by atoms with Gasteiger partial charge in [0.05, 0.1) is 11.4 Å². The first kappa shape index (κ1) is 21.0. The van der Waals surface area contributed by atoms with Gasteiger partial charge in [-0.1, -0.05) is 66.4 Å². The summed E-state index contributed by atoms with van der Waals surface area (Å²) in [6.45, 7) is 2.69. The summed E-state index contributed by atoms with van der Waals surface area (Å²) in [4.78, 5) is 29.5. The average molecular weight is 432 g/mol. The Morgan fingerprint density at radius 3 is 2.10 bits per heavy atom. The molecule has 1 aliphatic rings. The largest absolute Gasteiger partial charge is 0.350 e. The lowest BCUT2D eigenvalue weighted by atomic mass is 10.2. The molecule has 5 nitrogen and oxygen atoms in total. The molecule has 0 fully saturated rings. The van der Waals surface area contributed by atoms with Gasteiger partial charge in [0.2, 0.25) is 11.8 Å². The normalized spacial score (nSPS) is 13.0. The van der Waals surface area contributed by atoms with Gasteiger partial charge >= 0.3 is 0 Å². The third-order valence-corrected chi connectivity index (χ3v) is 6.31. The standard InChI is InChI=1S/C25H25N3O2S/c1-18(25(30)26-17-19-9-3-2-4-10-19)27-24(29)15-16-28-20-11-5-7-13-22(20)31-23-14-8-6-12-21(23)28/h2-14,18H,15-17H2,1H3,(H,26,30)(H,27,29). The van der Waals surface area contributed by atoms with E-state index in [1.54, 1.807) is 18.7 Å². The van der Waals surface area contributed by atoms with E-state index in [0.717, 1.165) is 16.9 Å². The number of benzene rings is 3. The molecule has 1 atom stereocenters. The second-order valence-corrected chi connectivity index (χ2v) is 8.52. The maximum Gasteiger partial charge on any atom is 0.242 e. The number of carbonyl (C=O) groups excluding carboxylic acids is 2. The highest BCUT2D eigenvalue weighted by atomic mass is 32.2. The number of fused-ring (bicyclic) bond motifs is 2. The van der Waals surface area contributed by atoms with Crippen LogP contribution in [-0.4, -0.2) is 24.4 Å². The lowest BCUT2D eigenvalue weighted by Gasteiger charge is -2.32. The van der Waals surface area contributed by atoms with Crippen LogP contribution in [0.2, 0.25) is 0 Å². The van der Waals surface area contributed by atoms with Crippen molar-refractivity contribution in [3.05, 3.63) is 84.4 Å². The maximum atomic E-state index is 12.6. The van der Waals surface area contributed by atoms with Crippen molar-refractivity contribution in [3.63, 3.8) is 0 Å². The summed E-state index contributed by atoms with van der Waals surface area (Å²) < 4.78 is 0. The predicted molar refractivity (Wildman–Crippen MR) is 125 cm³/mol. The molecule has 2 amide bonds. The number of hydrogen-bond donors (Lipinski definition) is 2. The molecule has 3 aromatic rings. The number of nitrogens with zero attached hydrogens (tertiary/aromatic N) is 1. The Bertz CT molecular complexity index is 1030. The van der Waals surface area contributed by atoms with Gasteiger partial charge < -0.3 is 15.5 Å². The summed E-state index contributed by atoms with van der Waals surface area (Å²) in [5.74, 6) is -0.335. The van der Waals surface area contributed by atoms with E-state index in [2.05, 4.69) is 39.8 Å². The minimum Gasteiger partial charge on any atom is -0.350 e. The molecule has 0 bridgehead atoms. The third kappa shape index (κ3) is 5.09. The zero-order chi connectivity index (χ0) is 21.6. The van der Waals surface area contributed by atoms with Gasteiger partial charge in [0.15, 0.2) is 0 Å². The number of anilines is 2. The fourth-order valence-corrected chi connectivity index (χ4v) is 4.65. The van der Waals surface area contributed by atoms with E-state index in [-0.39, 0.29) is 11.8 Å². The number of rotatable bonds is 7. The van der Waals surface area contributed by atoms with Crippen molar-refractivity contribution in [2.45, 2.75) is 35.7 Å². The van der Waals surface area contributed by atoms with E-state index in [9.17, 15) is 9.59 Å². The minimum atomic E-state index is -0.590. The zero-order valence-electron chi connectivity index (χ0n) is 17.4. The van der Waals surface area contributed by atoms with Crippen molar-refractivity contribution in [2.75, 3.05) is 11.4 Å². The van der Waals surface area contributed by atoms with Crippen LogP contribution in [0.25, 0.3) is 0 Å². The Kier molecular flexibility index (Phi) is 6.57. The first-order valence-electron chi connectivity index (χ1n) is 10.4. The van der Waals surface area contributed by atoms with Crippen molar-refractivity contribution in [3.8, 4) is 0 Å². The molecule has 0 radical (unpaired) electrons. The average Bonchev–Trinajstić information content (AvgIpc) is 2.80. The summed E-state index contributed by atoms with van der Waals surface area (Å²) in [5, 5.41) is 5.69. The lowest BCUT2D eigenvalue weighted by Crippen LogP contribution is -2.45. The van der Waals surface area contributed by atoms with Crippen LogP contribution in [0.4, 0.5) is 11.4 Å². The van der Waals surface area contributed by atoms with Crippen LogP contribution < -0.4 is 15.5 Å². The molecule has 0 aromatic heterocycles. The number of hydrogen-bond acceptors (Lipinski definition) is 4. The lowest BCUT2D eigenvalue weighted by molar-refractivity contribution is -0.128. The van der Waals surface area contributed by atoms with Crippen LogP contribution in [0.1, 0.15) is 18.9 Å². The number of carbonyl (C=O) groups is 2. The quantitative estimate of drug-likeness (QED) is 0.578. The number of nitrogens with one attached hydrogen (secondary N) is 2. The zero-order valence-corrected chi connectivity index (χ0v) is 18.2. The second-order valence-electron chi connectivity index (χ2n) is 7.43. The molecule has 0 spiro atoms. The monoisotopic (exact) mass is 431 g/mol. The highest BCUT2D eigenvalue weighted by molar-refractivity contribution is 7.99. The molecule has 31 heavy (non-hydrogen) atoms. The van der Waals surface area contributed by atoms with E-state index >= 15 is 0 Å². The van der Waals surface area contributed by atoms with Crippen LogP contribution in [0.15, 0.2) is 88.7 Å². The first-order valence-corrected chi connectivity index (χ1v) is 11.2. The molecule has 3 aromatic carbocycles. The topological polar surface area (TPSA) is 61.4 Å². The summed E-state index contributed by atoms with van der Waals surface area (Å²) >= 11 is 1.74.